The second-order valence-electron chi connectivity index (χ2n) is 5.23. The molecule has 90 valence electrons. The van der Waals surface area contributed by atoms with Crippen molar-refractivity contribution < 1.29 is 9.15 Å². The molecule has 1 fully saturated rings. The molecule has 1 aliphatic heterocycles. The summed E-state index contributed by atoms with van der Waals surface area (Å²) in [4.78, 5) is 0. The quantitative estimate of drug-likeness (QED) is 0.836. The SMILES string of the molecule is CN1NC(c2ccco2)CC1OC(C)(C)C. The average molecular weight is 224 g/mol. The van der Waals surface area contributed by atoms with E-state index in [1.54, 1.807) is 6.26 Å². The van der Waals surface area contributed by atoms with Crippen molar-refractivity contribution in [2.24, 2.45) is 0 Å². The van der Waals surface area contributed by atoms with Crippen LogP contribution in [-0.4, -0.2) is 23.9 Å². The Balaban J connectivity index is 1.99. The van der Waals surface area contributed by atoms with E-state index in [1.165, 1.54) is 0 Å². The molecule has 0 bridgehead atoms. The van der Waals surface area contributed by atoms with Crippen LogP contribution in [0.3, 0.4) is 0 Å². The highest BCUT2D eigenvalue weighted by Crippen LogP contribution is 2.29. The second kappa shape index (κ2) is 4.20. The lowest BCUT2D eigenvalue weighted by Crippen LogP contribution is -2.39. The predicted molar refractivity (Wildman–Crippen MR) is 61.6 cm³/mol. The van der Waals surface area contributed by atoms with Gasteiger partial charge in [-0.05, 0) is 32.9 Å². The Kier molecular flexibility index (Phi) is 3.06. The summed E-state index contributed by atoms with van der Waals surface area (Å²) in [5.74, 6) is 0.965. The Bertz CT molecular complexity index is 329. The fraction of sp³-hybridized carbons (Fsp3) is 0.667. The average Bonchev–Trinajstić information content (AvgIpc) is 2.73. The van der Waals surface area contributed by atoms with E-state index in [0.29, 0.717) is 0 Å². The van der Waals surface area contributed by atoms with Gasteiger partial charge in [0.25, 0.3) is 0 Å². The molecule has 4 heteroatoms. The molecule has 0 aliphatic carbocycles. The van der Waals surface area contributed by atoms with Crippen LogP contribution in [0.2, 0.25) is 0 Å². The number of ether oxygens (including phenoxy) is 1. The fourth-order valence-electron chi connectivity index (χ4n) is 1.95. The summed E-state index contributed by atoms with van der Waals surface area (Å²) < 4.78 is 11.4. The monoisotopic (exact) mass is 224 g/mol. The number of nitrogens with zero attached hydrogens (tertiary/aromatic N) is 1. The van der Waals surface area contributed by atoms with Gasteiger partial charge in [-0.3, -0.25) is 0 Å². The van der Waals surface area contributed by atoms with Crippen molar-refractivity contribution in [2.45, 2.75) is 45.1 Å². The minimum absolute atomic E-state index is 0.0927. The Morgan fingerprint density at radius 3 is 2.81 bits per heavy atom. The topological polar surface area (TPSA) is 37.6 Å². The van der Waals surface area contributed by atoms with Crippen LogP contribution in [0.25, 0.3) is 0 Å². The Labute approximate surface area is 96.5 Å². The first-order valence-corrected chi connectivity index (χ1v) is 5.66. The molecule has 2 rings (SSSR count). The van der Waals surface area contributed by atoms with Crippen molar-refractivity contribution in [2.75, 3.05) is 7.05 Å². The molecule has 2 atom stereocenters. The van der Waals surface area contributed by atoms with Gasteiger partial charge in [-0.25, -0.2) is 10.4 Å². The maximum Gasteiger partial charge on any atom is 0.125 e. The number of hydrazine groups is 1. The van der Waals surface area contributed by atoms with Crippen LogP contribution in [0.4, 0.5) is 0 Å². The number of hydrogen-bond donors (Lipinski definition) is 1. The van der Waals surface area contributed by atoms with E-state index in [-0.39, 0.29) is 17.9 Å². The summed E-state index contributed by atoms with van der Waals surface area (Å²) in [6, 6.07) is 4.12. The highest BCUT2D eigenvalue weighted by molar-refractivity contribution is 5.06. The van der Waals surface area contributed by atoms with Crippen LogP contribution in [-0.2, 0) is 4.74 Å². The van der Waals surface area contributed by atoms with Crippen molar-refractivity contribution in [3.05, 3.63) is 24.2 Å². The first kappa shape index (κ1) is 11.6. The van der Waals surface area contributed by atoms with Gasteiger partial charge in [0.1, 0.15) is 12.0 Å². The van der Waals surface area contributed by atoms with Crippen molar-refractivity contribution in [1.82, 2.24) is 10.4 Å². The first-order chi connectivity index (χ1) is 7.46. The Morgan fingerprint density at radius 2 is 2.25 bits per heavy atom. The fourth-order valence-corrected chi connectivity index (χ4v) is 1.95. The summed E-state index contributed by atoms with van der Waals surface area (Å²) in [5.41, 5.74) is 3.22. The van der Waals surface area contributed by atoms with Crippen LogP contribution >= 0.6 is 0 Å². The van der Waals surface area contributed by atoms with E-state index >= 15 is 0 Å². The molecule has 4 nitrogen and oxygen atoms in total. The molecule has 1 saturated heterocycles. The van der Waals surface area contributed by atoms with Crippen LogP contribution in [0, 0.1) is 0 Å². The van der Waals surface area contributed by atoms with E-state index in [0.717, 1.165) is 12.2 Å². The third-order valence-corrected chi connectivity index (χ3v) is 2.61. The molecule has 0 amide bonds. The van der Waals surface area contributed by atoms with Crippen molar-refractivity contribution in [1.29, 1.82) is 0 Å². The van der Waals surface area contributed by atoms with E-state index in [2.05, 4.69) is 26.2 Å². The molecule has 1 aromatic rings. The predicted octanol–water partition coefficient (Wildman–Crippen LogP) is 2.30. The molecule has 0 radical (unpaired) electrons. The van der Waals surface area contributed by atoms with Crippen LogP contribution in [0.15, 0.2) is 22.8 Å². The molecule has 0 spiro atoms. The lowest BCUT2D eigenvalue weighted by Gasteiger charge is -2.28. The number of furan rings is 1. The second-order valence-corrected chi connectivity index (χ2v) is 5.23. The molecule has 2 heterocycles. The number of hydrogen-bond acceptors (Lipinski definition) is 4. The van der Waals surface area contributed by atoms with E-state index < -0.39 is 0 Å². The van der Waals surface area contributed by atoms with Gasteiger partial charge in [-0.15, -0.1) is 0 Å². The zero-order chi connectivity index (χ0) is 11.8. The van der Waals surface area contributed by atoms with Crippen molar-refractivity contribution in [3.63, 3.8) is 0 Å². The molecule has 1 aromatic heterocycles. The van der Waals surface area contributed by atoms with Gasteiger partial charge in [0.2, 0.25) is 0 Å². The van der Waals surface area contributed by atoms with Gasteiger partial charge >= 0.3 is 0 Å². The highest BCUT2D eigenvalue weighted by Gasteiger charge is 2.34. The smallest absolute Gasteiger partial charge is 0.125 e. The van der Waals surface area contributed by atoms with Crippen LogP contribution in [0.1, 0.15) is 39.0 Å². The zero-order valence-corrected chi connectivity index (χ0v) is 10.4. The molecule has 1 aliphatic rings. The molecule has 0 saturated carbocycles. The molecule has 2 unspecified atom stereocenters. The van der Waals surface area contributed by atoms with E-state index in [4.69, 9.17) is 9.15 Å². The van der Waals surface area contributed by atoms with Crippen molar-refractivity contribution in [3.8, 4) is 0 Å². The Hall–Kier alpha value is -0.840. The molecule has 1 N–H and O–H groups in total. The van der Waals surface area contributed by atoms with Gasteiger partial charge in [0.05, 0.1) is 17.9 Å². The minimum atomic E-state index is -0.126. The normalized spacial score (nSPS) is 27.5. The lowest BCUT2D eigenvalue weighted by molar-refractivity contribution is -0.118. The summed E-state index contributed by atoms with van der Waals surface area (Å²) in [6.07, 6.45) is 2.70. The van der Waals surface area contributed by atoms with Crippen molar-refractivity contribution >= 4 is 0 Å². The summed E-state index contributed by atoms with van der Waals surface area (Å²) in [6.45, 7) is 6.21. The largest absolute Gasteiger partial charge is 0.468 e. The van der Waals surface area contributed by atoms with Gasteiger partial charge in [-0.1, -0.05) is 0 Å². The third-order valence-electron chi connectivity index (χ3n) is 2.61. The van der Waals surface area contributed by atoms with Gasteiger partial charge in [-0.2, -0.15) is 0 Å². The molecular formula is C12H20N2O2. The summed E-state index contributed by atoms with van der Waals surface area (Å²) in [7, 11) is 2.00. The van der Waals surface area contributed by atoms with E-state index in [9.17, 15) is 0 Å². The maximum absolute atomic E-state index is 5.96. The third kappa shape index (κ3) is 2.64. The maximum atomic E-state index is 5.96. The standard InChI is InChI=1S/C12H20N2O2/c1-12(2,3)16-11-8-9(13-14(11)4)10-6-5-7-15-10/h5-7,9,11,13H,8H2,1-4H3. The van der Waals surface area contributed by atoms with Gasteiger partial charge in [0.15, 0.2) is 0 Å². The number of nitrogens with one attached hydrogen (secondary N) is 1. The zero-order valence-electron chi connectivity index (χ0n) is 10.4. The van der Waals surface area contributed by atoms with Gasteiger partial charge < -0.3 is 9.15 Å². The summed E-state index contributed by atoms with van der Waals surface area (Å²) >= 11 is 0. The minimum Gasteiger partial charge on any atom is -0.468 e. The first-order valence-electron chi connectivity index (χ1n) is 5.66. The number of rotatable bonds is 2. The highest BCUT2D eigenvalue weighted by atomic mass is 16.5. The van der Waals surface area contributed by atoms with Crippen LogP contribution < -0.4 is 5.43 Å². The lowest BCUT2D eigenvalue weighted by atomic mass is 10.1. The van der Waals surface area contributed by atoms with E-state index in [1.807, 2.05) is 24.2 Å². The van der Waals surface area contributed by atoms with Crippen LogP contribution in [0.5, 0.6) is 0 Å². The molecular weight excluding hydrogens is 204 g/mol. The van der Waals surface area contributed by atoms with Gasteiger partial charge in [0, 0.05) is 13.5 Å². The molecule has 16 heavy (non-hydrogen) atoms. The molecule has 0 aromatic carbocycles. The Morgan fingerprint density at radius 1 is 1.50 bits per heavy atom. The summed E-state index contributed by atoms with van der Waals surface area (Å²) in [5, 5.41) is 2.01.